The molecule has 0 spiro atoms. The zero-order valence-electron chi connectivity index (χ0n) is 8.43. The minimum Gasteiger partial charge on any atom is -0.481 e. The van der Waals surface area contributed by atoms with Gasteiger partial charge in [0, 0.05) is 12.1 Å². The van der Waals surface area contributed by atoms with Gasteiger partial charge in [-0.3, -0.25) is 9.59 Å². The van der Waals surface area contributed by atoms with Crippen LogP contribution in [0.4, 0.5) is 5.69 Å². The van der Waals surface area contributed by atoms with Crippen LogP contribution in [0.3, 0.4) is 0 Å². The number of amides is 1. The van der Waals surface area contributed by atoms with Crippen LogP contribution in [0.15, 0.2) is 24.3 Å². The van der Waals surface area contributed by atoms with Crippen LogP contribution in [0.5, 0.6) is 0 Å². The first-order chi connectivity index (χ1) is 6.99. The Balaban J connectivity index is 0.000000336. The highest BCUT2D eigenvalue weighted by molar-refractivity contribution is 5.97. The smallest absolute Gasteiger partial charge is 0.303 e. The minimum absolute atomic E-state index is 0.222. The lowest BCUT2D eigenvalue weighted by atomic mass is 10.2. The Hall–Kier alpha value is -2.04. The first-order valence-electron chi connectivity index (χ1n) is 4.35. The molecule has 0 unspecified atom stereocenters. The summed E-state index contributed by atoms with van der Waals surface area (Å²) in [5, 5.41) is 7.72. The molecule has 0 saturated carbocycles. The van der Waals surface area contributed by atoms with Gasteiger partial charge in [0.2, 0.25) is 0 Å². The van der Waals surface area contributed by atoms with Gasteiger partial charge >= 0.3 is 5.97 Å². The van der Waals surface area contributed by atoms with E-state index in [1.165, 1.54) is 0 Å². The van der Waals surface area contributed by atoms with E-state index in [1.54, 1.807) is 31.2 Å². The number of nitrogens with two attached hydrogens (primary N) is 2. The molecule has 5 heteroatoms. The van der Waals surface area contributed by atoms with Crippen molar-refractivity contribution < 1.29 is 14.7 Å². The largest absolute Gasteiger partial charge is 0.481 e. The van der Waals surface area contributed by atoms with E-state index < -0.39 is 11.9 Å². The van der Waals surface area contributed by atoms with E-state index in [0.29, 0.717) is 11.3 Å². The highest BCUT2D eigenvalue weighted by Crippen LogP contribution is 2.08. The quantitative estimate of drug-likeness (QED) is 0.629. The van der Waals surface area contributed by atoms with Gasteiger partial charge in [-0.15, -0.1) is 0 Å². The van der Waals surface area contributed by atoms with Crippen molar-refractivity contribution in [1.82, 2.24) is 0 Å². The third-order valence-electron chi connectivity index (χ3n) is 1.53. The number of primary amides is 1. The lowest BCUT2D eigenvalue weighted by molar-refractivity contribution is -0.136. The van der Waals surface area contributed by atoms with Crippen LogP contribution in [-0.2, 0) is 4.79 Å². The Labute approximate surface area is 87.7 Å². The van der Waals surface area contributed by atoms with Crippen LogP contribution in [0.2, 0.25) is 0 Å². The number of benzene rings is 1. The predicted octanol–water partition coefficient (Wildman–Crippen LogP) is 0.849. The van der Waals surface area contributed by atoms with Gasteiger partial charge in [-0.25, -0.2) is 0 Å². The van der Waals surface area contributed by atoms with Crippen molar-refractivity contribution in [3.63, 3.8) is 0 Å². The topological polar surface area (TPSA) is 106 Å². The number of carbonyl (C=O) groups is 2. The summed E-state index contributed by atoms with van der Waals surface area (Å²) in [6, 6.07) is 6.70. The summed E-state index contributed by atoms with van der Waals surface area (Å²) in [5.74, 6) is -1.23. The van der Waals surface area contributed by atoms with Gasteiger partial charge in [0.15, 0.2) is 0 Å². The van der Waals surface area contributed by atoms with Gasteiger partial charge in [0.1, 0.15) is 0 Å². The number of hydrogen-bond acceptors (Lipinski definition) is 3. The second-order valence-corrected chi connectivity index (χ2v) is 2.70. The van der Waals surface area contributed by atoms with Crippen molar-refractivity contribution in [2.75, 3.05) is 5.73 Å². The van der Waals surface area contributed by atoms with Crippen LogP contribution >= 0.6 is 0 Å². The van der Waals surface area contributed by atoms with Gasteiger partial charge in [0.25, 0.3) is 5.91 Å². The number of para-hydroxylation sites is 1. The summed E-state index contributed by atoms with van der Waals surface area (Å²) >= 11 is 0. The number of carbonyl (C=O) groups excluding carboxylic acids is 1. The molecule has 0 radical (unpaired) electrons. The Morgan fingerprint density at radius 1 is 1.33 bits per heavy atom. The molecule has 0 heterocycles. The molecule has 15 heavy (non-hydrogen) atoms. The van der Waals surface area contributed by atoms with Gasteiger partial charge in [0.05, 0.1) is 5.56 Å². The number of nitrogen functional groups attached to an aromatic ring is 1. The number of anilines is 1. The van der Waals surface area contributed by atoms with E-state index in [2.05, 4.69) is 0 Å². The normalized spacial score (nSPS) is 8.60. The average molecular weight is 210 g/mol. The Morgan fingerprint density at radius 3 is 2.07 bits per heavy atom. The highest BCUT2D eigenvalue weighted by atomic mass is 16.4. The van der Waals surface area contributed by atoms with E-state index in [0.717, 1.165) is 0 Å². The summed E-state index contributed by atoms with van der Waals surface area (Å²) in [4.78, 5) is 19.9. The molecule has 0 aliphatic rings. The molecule has 5 N–H and O–H groups in total. The molecular formula is C10H14N2O3. The monoisotopic (exact) mass is 210 g/mol. The molecule has 0 aromatic heterocycles. The molecule has 0 fully saturated rings. The van der Waals surface area contributed by atoms with E-state index in [-0.39, 0.29) is 6.42 Å². The van der Waals surface area contributed by atoms with Crippen LogP contribution in [0, 0.1) is 0 Å². The molecule has 1 aromatic carbocycles. The maximum Gasteiger partial charge on any atom is 0.303 e. The second kappa shape index (κ2) is 6.42. The molecule has 1 rings (SSSR count). The molecule has 82 valence electrons. The van der Waals surface area contributed by atoms with Gasteiger partial charge < -0.3 is 16.6 Å². The van der Waals surface area contributed by atoms with E-state index >= 15 is 0 Å². The molecule has 0 saturated heterocycles. The number of aliphatic carboxylic acids is 1. The number of rotatable bonds is 2. The van der Waals surface area contributed by atoms with E-state index in [9.17, 15) is 9.59 Å². The molecular weight excluding hydrogens is 196 g/mol. The van der Waals surface area contributed by atoms with Crippen molar-refractivity contribution in [2.24, 2.45) is 5.73 Å². The third kappa shape index (κ3) is 5.30. The molecule has 1 amide bonds. The maximum absolute atomic E-state index is 10.6. The summed E-state index contributed by atoms with van der Waals surface area (Å²) < 4.78 is 0. The standard InChI is InChI=1S/C7H8N2O.C3H6O2/c8-6-4-2-1-3-5(6)7(9)10;1-2-3(4)5/h1-4H,8H2,(H2,9,10);2H2,1H3,(H,4,5). The zero-order chi connectivity index (χ0) is 11.8. The molecule has 0 atom stereocenters. The van der Waals surface area contributed by atoms with Crippen molar-refractivity contribution >= 4 is 17.6 Å². The fourth-order valence-corrected chi connectivity index (χ4v) is 0.721. The number of hydrogen-bond donors (Lipinski definition) is 3. The Bertz CT molecular complexity index is 350. The highest BCUT2D eigenvalue weighted by Gasteiger charge is 2.01. The van der Waals surface area contributed by atoms with Gasteiger partial charge in [-0.05, 0) is 12.1 Å². The molecule has 0 bridgehead atoms. The number of carboxylic acids is 1. The zero-order valence-corrected chi connectivity index (χ0v) is 8.43. The van der Waals surface area contributed by atoms with Crippen LogP contribution in [0.25, 0.3) is 0 Å². The van der Waals surface area contributed by atoms with Gasteiger partial charge in [-0.1, -0.05) is 19.1 Å². The van der Waals surface area contributed by atoms with Crippen LogP contribution in [-0.4, -0.2) is 17.0 Å². The first kappa shape index (κ1) is 13.0. The molecule has 1 aromatic rings. The molecule has 0 aliphatic carbocycles. The summed E-state index contributed by atoms with van der Waals surface area (Å²) in [5.41, 5.74) is 11.2. The fourth-order valence-electron chi connectivity index (χ4n) is 0.721. The number of carboxylic acid groups (broad SMARTS) is 1. The van der Waals surface area contributed by atoms with Crippen molar-refractivity contribution in [3.05, 3.63) is 29.8 Å². The van der Waals surface area contributed by atoms with Crippen molar-refractivity contribution in [1.29, 1.82) is 0 Å². The fraction of sp³-hybridized carbons (Fsp3) is 0.200. The van der Waals surface area contributed by atoms with Crippen LogP contribution < -0.4 is 11.5 Å². The average Bonchev–Trinajstić information content (AvgIpc) is 2.19. The second-order valence-electron chi connectivity index (χ2n) is 2.70. The minimum atomic E-state index is -0.745. The van der Waals surface area contributed by atoms with Gasteiger partial charge in [-0.2, -0.15) is 0 Å². The maximum atomic E-state index is 10.6. The SMILES string of the molecule is CCC(=O)O.NC(=O)c1ccccc1N. The third-order valence-corrected chi connectivity index (χ3v) is 1.53. The summed E-state index contributed by atoms with van der Waals surface area (Å²) in [6.07, 6.45) is 0.222. The Morgan fingerprint density at radius 2 is 1.80 bits per heavy atom. The lowest BCUT2D eigenvalue weighted by Gasteiger charge is -1.97. The lowest BCUT2D eigenvalue weighted by Crippen LogP contribution is -2.12. The first-order valence-corrected chi connectivity index (χ1v) is 4.35. The predicted molar refractivity (Wildman–Crippen MR) is 57.3 cm³/mol. The van der Waals surface area contributed by atoms with E-state index in [1.807, 2.05) is 0 Å². The molecule has 0 aliphatic heterocycles. The van der Waals surface area contributed by atoms with Crippen LogP contribution in [0.1, 0.15) is 23.7 Å². The van der Waals surface area contributed by atoms with Crippen molar-refractivity contribution in [2.45, 2.75) is 13.3 Å². The molecule has 5 nitrogen and oxygen atoms in total. The summed E-state index contributed by atoms with van der Waals surface area (Å²) in [6.45, 7) is 1.60. The summed E-state index contributed by atoms with van der Waals surface area (Å²) in [7, 11) is 0. The van der Waals surface area contributed by atoms with E-state index in [4.69, 9.17) is 16.6 Å². The van der Waals surface area contributed by atoms with Crippen molar-refractivity contribution in [3.8, 4) is 0 Å². The Kier molecular flexibility index (Phi) is 5.55.